The molecule has 1 saturated heterocycles. The monoisotopic (exact) mass is 654 g/mol. The molecule has 1 aliphatic rings. The number of halogens is 4. The van der Waals surface area contributed by atoms with Crippen LogP contribution in [-0.2, 0) is 30.8 Å². The first-order valence-corrected chi connectivity index (χ1v) is 14.8. The van der Waals surface area contributed by atoms with Gasteiger partial charge in [0.25, 0.3) is 10.0 Å². The Labute approximate surface area is 256 Å². The molecule has 3 aromatic rings. The lowest BCUT2D eigenvalue weighted by Crippen LogP contribution is -2.53. The first kappa shape index (κ1) is 31.5. The predicted octanol–water partition coefficient (Wildman–Crippen LogP) is 5.42. The number of ether oxygens (including phenoxy) is 2. The minimum absolute atomic E-state index is 0.0626. The summed E-state index contributed by atoms with van der Waals surface area (Å²) >= 11 is 18.4. The van der Waals surface area contributed by atoms with Crippen LogP contribution in [0.25, 0.3) is 0 Å². The number of nitrogens with one attached hydrogen (secondary N) is 1. The Morgan fingerprint density at radius 3 is 2.45 bits per heavy atom. The molecular weight excluding hydrogens is 634 g/mol. The Kier molecular flexibility index (Phi) is 9.93. The van der Waals surface area contributed by atoms with E-state index in [4.69, 9.17) is 49.5 Å². The molecule has 1 N–H and O–H groups in total. The van der Waals surface area contributed by atoms with Crippen molar-refractivity contribution in [2.24, 2.45) is 0 Å². The van der Waals surface area contributed by atoms with Crippen molar-refractivity contribution in [3.8, 4) is 17.6 Å². The second-order valence-electron chi connectivity index (χ2n) is 8.94. The summed E-state index contributed by atoms with van der Waals surface area (Å²) in [5.41, 5.74) is 0.192. The molecule has 0 radical (unpaired) electrons. The average molecular weight is 656 g/mol. The summed E-state index contributed by atoms with van der Waals surface area (Å²) in [5, 5.41) is 13.0. The number of sulfonamides is 1. The van der Waals surface area contributed by atoms with Gasteiger partial charge in [0.1, 0.15) is 5.75 Å². The Balaban J connectivity index is 1.51. The zero-order valence-corrected chi connectivity index (χ0v) is 24.9. The van der Waals surface area contributed by atoms with Crippen molar-refractivity contribution in [3.05, 3.63) is 80.5 Å². The molecule has 0 unspecified atom stereocenters. The maximum Gasteiger partial charge on any atom is 0.280 e. The topological polar surface area (TPSA) is 129 Å². The average Bonchev–Trinajstić information content (AvgIpc) is 2.93. The van der Waals surface area contributed by atoms with Gasteiger partial charge in [0.05, 0.1) is 51.9 Å². The maximum absolute atomic E-state index is 15.3. The minimum Gasteiger partial charge on any atom is -0.453 e. The van der Waals surface area contributed by atoms with Gasteiger partial charge < -0.3 is 14.8 Å². The molecule has 2 amide bonds. The SMILES string of the molecule is CC(=O)N(N1CCOCC1)S(=O)(=O)c1ccc(NC(=O)Cc2ccc(Cl)c(Oc3cc(Cl)cc(C#N)c3)c2F)c(Cl)c1. The molecule has 0 aromatic heterocycles. The van der Waals surface area contributed by atoms with Crippen molar-refractivity contribution >= 4 is 62.3 Å². The number of benzene rings is 3. The van der Waals surface area contributed by atoms with E-state index in [2.05, 4.69) is 5.32 Å². The van der Waals surface area contributed by atoms with Crippen LogP contribution in [0.4, 0.5) is 10.1 Å². The van der Waals surface area contributed by atoms with E-state index in [0.717, 1.165) is 13.0 Å². The van der Waals surface area contributed by atoms with Crippen LogP contribution in [0.2, 0.25) is 15.1 Å². The largest absolute Gasteiger partial charge is 0.453 e. The molecule has 1 aliphatic heterocycles. The van der Waals surface area contributed by atoms with Gasteiger partial charge in [-0.25, -0.2) is 4.39 Å². The van der Waals surface area contributed by atoms with Gasteiger partial charge in [-0.15, -0.1) is 0 Å². The fourth-order valence-electron chi connectivity index (χ4n) is 4.09. The van der Waals surface area contributed by atoms with Crippen LogP contribution < -0.4 is 10.1 Å². The van der Waals surface area contributed by atoms with Gasteiger partial charge in [-0.1, -0.05) is 40.9 Å². The first-order valence-electron chi connectivity index (χ1n) is 12.2. The van der Waals surface area contributed by atoms with E-state index in [9.17, 15) is 18.0 Å². The Bertz CT molecular complexity index is 1690. The van der Waals surface area contributed by atoms with E-state index in [-0.39, 0.29) is 74.6 Å². The minimum atomic E-state index is -4.31. The standard InChI is InChI=1S/C27H22Cl3FN4O6S/c1-16(36)35(34-6-8-40-9-7-34)42(38,39)21-3-5-24(23(30)14-21)33-25(37)12-18-2-4-22(29)27(26(18)31)41-20-11-17(15-32)10-19(28)13-20/h2-5,10-11,13-14H,6-9,12H2,1H3,(H,33,37). The highest BCUT2D eigenvalue weighted by molar-refractivity contribution is 7.89. The Hall–Kier alpha value is -3.44. The third kappa shape index (κ3) is 7.12. The number of hydrogen-bond donors (Lipinski definition) is 1. The van der Waals surface area contributed by atoms with Gasteiger partial charge in [-0.05, 0) is 42.5 Å². The quantitative estimate of drug-likeness (QED) is 0.341. The molecule has 220 valence electrons. The lowest BCUT2D eigenvalue weighted by molar-refractivity contribution is -0.139. The Morgan fingerprint density at radius 1 is 1.10 bits per heavy atom. The van der Waals surface area contributed by atoms with Crippen LogP contribution in [0, 0.1) is 17.1 Å². The highest BCUT2D eigenvalue weighted by Gasteiger charge is 2.34. The zero-order chi connectivity index (χ0) is 30.6. The van der Waals surface area contributed by atoms with E-state index >= 15 is 4.39 Å². The molecule has 15 heteroatoms. The highest BCUT2D eigenvalue weighted by atomic mass is 35.5. The Morgan fingerprint density at radius 2 is 1.81 bits per heavy atom. The summed E-state index contributed by atoms with van der Waals surface area (Å²) in [6, 6.07) is 12.3. The number of anilines is 1. The fourth-order valence-corrected chi connectivity index (χ4v) is 6.30. The van der Waals surface area contributed by atoms with Crippen LogP contribution in [0.3, 0.4) is 0 Å². The van der Waals surface area contributed by atoms with Crippen molar-refractivity contribution in [3.63, 3.8) is 0 Å². The predicted molar refractivity (Wildman–Crippen MR) is 154 cm³/mol. The van der Waals surface area contributed by atoms with Crippen molar-refractivity contribution < 1.29 is 31.9 Å². The molecule has 0 bridgehead atoms. The van der Waals surface area contributed by atoms with Gasteiger partial charge >= 0.3 is 0 Å². The number of nitrogens with zero attached hydrogens (tertiary/aromatic N) is 3. The van der Waals surface area contributed by atoms with E-state index < -0.39 is 34.1 Å². The van der Waals surface area contributed by atoms with Gasteiger partial charge in [-0.2, -0.15) is 23.1 Å². The number of carbonyl (C=O) groups excluding carboxylic acids is 2. The van der Waals surface area contributed by atoms with Crippen LogP contribution in [0.1, 0.15) is 18.1 Å². The molecule has 0 aliphatic carbocycles. The second kappa shape index (κ2) is 13.2. The van der Waals surface area contributed by atoms with Crippen molar-refractivity contribution in [1.29, 1.82) is 5.26 Å². The summed E-state index contributed by atoms with van der Waals surface area (Å²) in [5.74, 6) is -2.58. The summed E-state index contributed by atoms with van der Waals surface area (Å²) in [6.45, 7) is 2.06. The van der Waals surface area contributed by atoms with Crippen LogP contribution >= 0.6 is 34.8 Å². The molecular formula is C27H22Cl3FN4O6S. The lowest BCUT2D eigenvalue weighted by atomic mass is 10.1. The number of carbonyl (C=O) groups is 2. The van der Waals surface area contributed by atoms with Crippen molar-refractivity contribution in [1.82, 2.24) is 9.42 Å². The third-order valence-corrected chi connectivity index (χ3v) is 8.58. The number of rotatable bonds is 8. The van der Waals surface area contributed by atoms with E-state index in [0.29, 0.717) is 4.41 Å². The third-order valence-electron chi connectivity index (χ3n) is 5.95. The van der Waals surface area contributed by atoms with Gasteiger partial charge in [0, 0.05) is 30.6 Å². The summed E-state index contributed by atoms with van der Waals surface area (Å²) in [7, 11) is -4.31. The fraction of sp³-hybridized carbons (Fsp3) is 0.222. The molecule has 0 atom stereocenters. The van der Waals surface area contributed by atoms with Crippen LogP contribution in [0.5, 0.6) is 11.5 Å². The number of amides is 2. The van der Waals surface area contributed by atoms with Gasteiger partial charge in [0.15, 0.2) is 11.6 Å². The van der Waals surface area contributed by atoms with Gasteiger partial charge in [0.2, 0.25) is 11.8 Å². The second-order valence-corrected chi connectivity index (χ2v) is 12.0. The smallest absolute Gasteiger partial charge is 0.280 e. The van der Waals surface area contributed by atoms with Crippen LogP contribution in [0.15, 0.2) is 53.4 Å². The maximum atomic E-state index is 15.3. The summed E-state index contributed by atoms with van der Waals surface area (Å²) < 4.78 is 53.3. The molecule has 0 spiro atoms. The van der Waals surface area contributed by atoms with E-state index in [1.54, 1.807) is 0 Å². The normalized spacial score (nSPS) is 13.7. The van der Waals surface area contributed by atoms with Crippen molar-refractivity contribution in [2.75, 3.05) is 31.6 Å². The lowest BCUT2D eigenvalue weighted by Gasteiger charge is -2.35. The zero-order valence-electron chi connectivity index (χ0n) is 21.9. The molecule has 42 heavy (non-hydrogen) atoms. The first-order chi connectivity index (χ1) is 19.9. The van der Waals surface area contributed by atoms with Crippen molar-refractivity contribution in [2.45, 2.75) is 18.2 Å². The molecule has 1 heterocycles. The van der Waals surface area contributed by atoms with Gasteiger partial charge in [-0.3, -0.25) is 9.59 Å². The number of hydrazine groups is 1. The molecule has 3 aromatic carbocycles. The molecule has 10 nitrogen and oxygen atoms in total. The van der Waals surface area contributed by atoms with E-state index in [1.807, 2.05) is 6.07 Å². The summed E-state index contributed by atoms with van der Waals surface area (Å²) in [6.07, 6.45) is -0.454. The van der Waals surface area contributed by atoms with E-state index in [1.165, 1.54) is 47.5 Å². The molecule has 1 fully saturated rings. The number of nitriles is 1. The molecule has 0 saturated carbocycles. The number of hydrogen-bond acceptors (Lipinski definition) is 8. The van der Waals surface area contributed by atoms with Crippen LogP contribution in [-0.4, -0.2) is 56.0 Å². The number of morpholine rings is 1. The highest BCUT2D eigenvalue weighted by Crippen LogP contribution is 2.36. The summed E-state index contributed by atoms with van der Waals surface area (Å²) in [4.78, 5) is 24.8. The molecule has 4 rings (SSSR count).